The van der Waals surface area contributed by atoms with Gasteiger partial charge in [0.2, 0.25) is 5.82 Å². The summed E-state index contributed by atoms with van der Waals surface area (Å²) in [6.07, 6.45) is -4.74. The second-order valence-corrected chi connectivity index (χ2v) is 4.27. The molecule has 0 bridgehead atoms. The molecule has 0 aliphatic carbocycles. The van der Waals surface area contributed by atoms with Crippen LogP contribution in [0.25, 0.3) is 11.3 Å². The van der Waals surface area contributed by atoms with E-state index in [-0.39, 0.29) is 11.3 Å². The van der Waals surface area contributed by atoms with Gasteiger partial charge in [0, 0.05) is 11.6 Å². The van der Waals surface area contributed by atoms with E-state index in [9.17, 15) is 17.6 Å². The molecule has 0 radical (unpaired) electrons. The third kappa shape index (κ3) is 3.01. The van der Waals surface area contributed by atoms with Gasteiger partial charge in [-0.15, -0.1) is 0 Å². The molecule has 0 aliphatic rings. The second kappa shape index (κ2) is 4.77. The Labute approximate surface area is 111 Å². The van der Waals surface area contributed by atoms with E-state index < -0.39 is 23.0 Å². The molecule has 2 nitrogen and oxygen atoms in total. The molecule has 0 saturated heterocycles. The van der Waals surface area contributed by atoms with Gasteiger partial charge in [-0.05, 0) is 19.1 Å². The predicted molar refractivity (Wildman–Crippen MR) is 62.2 cm³/mol. The van der Waals surface area contributed by atoms with Crippen molar-refractivity contribution in [3.05, 3.63) is 46.6 Å². The van der Waals surface area contributed by atoms with Gasteiger partial charge in [0.25, 0.3) is 0 Å². The molecule has 0 saturated carbocycles. The number of hydrogen-bond acceptors (Lipinski definition) is 2. The molecule has 100 valence electrons. The van der Waals surface area contributed by atoms with Gasteiger partial charge in [-0.1, -0.05) is 23.2 Å². The highest BCUT2D eigenvalue weighted by Gasteiger charge is 2.35. The van der Waals surface area contributed by atoms with Gasteiger partial charge in [0.15, 0.2) is 0 Å². The standard InChI is InChI=1S/C12H7ClF4N2/c1-6-2-3-8(14)7(4-6)9-5-10(13)19-11(18-9)12(15,16)17/h2-5H,1H3. The topological polar surface area (TPSA) is 25.8 Å². The molecule has 1 aromatic carbocycles. The molecule has 0 N–H and O–H groups in total. The quantitative estimate of drug-likeness (QED) is 0.579. The monoisotopic (exact) mass is 290 g/mol. The number of benzene rings is 1. The van der Waals surface area contributed by atoms with Gasteiger partial charge in [0.05, 0.1) is 5.69 Å². The Balaban J connectivity index is 2.63. The fraction of sp³-hybridized carbons (Fsp3) is 0.167. The smallest absolute Gasteiger partial charge is 0.224 e. The molecule has 0 spiro atoms. The second-order valence-electron chi connectivity index (χ2n) is 3.88. The Morgan fingerprint density at radius 1 is 1.11 bits per heavy atom. The molecule has 19 heavy (non-hydrogen) atoms. The largest absolute Gasteiger partial charge is 0.451 e. The highest BCUT2D eigenvalue weighted by atomic mass is 35.5. The van der Waals surface area contributed by atoms with Crippen LogP contribution in [0.15, 0.2) is 24.3 Å². The molecule has 0 atom stereocenters. The summed E-state index contributed by atoms with van der Waals surface area (Å²) in [5.41, 5.74) is 0.447. The molecule has 7 heteroatoms. The lowest BCUT2D eigenvalue weighted by molar-refractivity contribution is -0.144. The minimum Gasteiger partial charge on any atom is -0.224 e. The minimum atomic E-state index is -4.74. The Kier molecular flexibility index (Phi) is 3.45. The van der Waals surface area contributed by atoms with Crippen LogP contribution in [0.1, 0.15) is 11.4 Å². The van der Waals surface area contributed by atoms with Crippen molar-refractivity contribution in [2.75, 3.05) is 0 Å². The fourth-order valence-corrected chi connectivity index (χ4v) is 1.70. The van der Waals surface area contributed by atoms with Gasteiger partial charge < -0.3 is 0 Å². The van der Waals surface area contributed by atoms with E-state index in [0.29, 0.717) is 5.56 Å². The van der Waals surface area contributed by atoms with E-state index in [1.807, 2.05) is 0 Å². The Bertz CT molecular complexity index is 626. The van der Waals surface area contributed by atoms with Crippen molar-refractivity contribution in [3.63, 3.8) is 0 Å². The average Bonchev–Trinajstić information content (AvgIpc) is 2.30. The van der Waals surface area contributed by atoms with E-state index in [2.05, 4.69) is 9.97 Å². The van der Waals surface area contributed by atoms with Gasteiger partial charge in [-0.25, -0.2) is 14.4 Å². The van der Waals surface area contributed by atoms with Crippen LogP contribution in [-0.4, -0.2) is 9.97 Å². The van der Waals surface area contributed by atoms with Gasteiger partial charge in [0.1, 0.15) is 11.0 Å². The van der Waals surface area contributed by atoms with E-state index in [0.717, 1.165) is 12.1 Å². The Morgan fingerprint density at radius 3 is 2.42 bits per heavy atom. The zero-order valence-corrected chi connectivity index (χ0v) is 10.3. The molecule has 1 aromatic heterocycles. The maximum Gasteiger partial charge on any atom is 0.451 e. The average molecular weight is 291 g/mol. The van der Waals surface area contributed by atoms with E-state index in [1.165, 1.54) is 12.1 Å². The summed E-state index contributed by atoms with van der Waals surface area (Å²) in [6, 6.07) is 5.16. The summed E-state index contributed by atoms with van der Waals surface area (Å²) < 4.78 is 51.3. The highest BCUT2D eigenvalue weighted by molar-refractivity contribution is 6.29. The number of alkyl halides is 3. The molecule has 2 rings (SSSR count). The first kappa shape index (κ1) is 13.7. The van der Waals surface area contributed by atoms with Gasteiger partial charge in [-0.2, -0.15) is 13.2 Å². The summed E-state index contributed by atoms with van der Waals surface area (Å²) >= 11 is 5.52. The zero-order valence-electron chi connectivity index (χ0n) is 9.59. The highest BCUT2D eigenvalue weighted by Crippen LogP contribution is 2.30. The van der Waals surface area contributed by atoms with Crippen molar-refractivity contribution in [2.45, 2.75) is 13.1 Å². The van der Waals surface area contributed by atoms with Crippen LogP contribution in [0.4, 0.5) is 17.6 Å². The lowest BCUT2D eigenvalue weighted by atomic mass is 10.1. The zero-order chi connectivity index (χ0) is 14.2. The summed E-state index contributed by atoms with van der Waals surface area (Å²) in [5.74, 6) is -2.07. The molecule has 2 aromatic rings. The molecule has 0 amide bonds. The van der Waals surface area contributed by atoms with Crippen LogP contribution in [0, 0.1) is 12.7 Å². The first-order valence-electron chi connectivity index (χ1n) is 5.15. The molecule has 1 heterocycles. The molecular formula is C12H7ClF4N2. The molecular weight excluding hydrogens is 284 g/mol. The SMILES string of the molecule is Cc1ccc(F)c(-c2cc(Cl)nc(C(F)(F)F)n2)c1. The van der Waals surface area contributed by atoms with E-state index in [1.54, 1.807) is 6.92 Å². The van der Waals surface area contributed by atoms with Crippen molar-refractivity contribution in [1.82, 2.24) is 9.97 Å². The first-order chi connectivity index (χ1) is 8.77. The Morgan fingerprint density at radius 2 is 1.79 bits per heavy atom. The number of nitrogens with zero attached hydrogens (tertiary/aromatic N) is 2. The van der Waals surface area contributed by atoms with Crippen molar-refractivity contribution in [3.8, 4) is 11.3 Å². The predicted octanol–water partition coefficient (Wildman–Crippen LogP) is 4.26. The van der Waals surface area contributed by atoms with E-state index in [4.69, 9.17) is 11.6 Å². The molecule has 0 fully saturated rings. The van der Waals surface area contributed by atoms with Gasteiger partial charge >= 0.3 is 6.18 Å². The minimum absolute atomic E-state index is 0.0465. The fourth-order valence-electron chi connectivity index (χ4n) is 1.52. The first-order valence-corrected chi connectivity index (χ1v) is 5.53. The van der Waals surface area contributed by atoms with Crippen LogP contribution in [0.5, 0.6) is 0 Å². The van der Waals surface area contributed by atoms with Crippen molar-refractivity contribution < 1.29 is 17.6 Å². The van der Waals surface area contributed by atoms with E-state index >= 15 is 0 Å². The van der Waals surface area contributed by atoms with Crippen LogP contribution < -0.4 is 0 Å². The summed E-state index contributed by atoms with van der Waals surface area (Å²) in [4.78, 5) is 6.41. The third-order valence-corrected chi connectivity index (χ3v) is 2.54. The summed E-state index contributed by atoms with van der Waals surface area (Å²) in [6.45, 7) is 1.69. The number of aryl methyl sites for hydroxylation is 1. The number of halogens is 5. The van der Waals surface area contributed by atoms with Crippen LogP contribution >= 0.6 is 11.6 Å². The summed E-state index contributed by atoms with van der Waals surface area (Å²) in [7, 11) is 0. The normalized spacial score (nSPS) is 11.7. The third-order valence-electron chi connectivity index (χ3n) is 2.35. The lowest BCUT2D eigenvalue weighted by Gasteiger charge is -2.09. The maximum atomic E-state index is 13.6. The molecule has 0 unspecified atom stereocenters. The van der Waals surface area contributed by atoms with Crippen LogP contribution in [0.2, 0.25) is 5.15 Å². The maximum absolute atomic E-state index is 13.6. The number of hydrogen-bond donors (Lipinski definition) is 0. The van der Waals surface area contributed by atoms with Crippen LogP contribution in [-0.2, 0) is 6.18 Å². The summed E-state index contributed by atoms with van der Waals surface area (Å²) in [5, 5.41) is -0.391. The lowest BCUT2D eigenvalue weighted by Crippen LogP contribution is -2.11. The van der Waals surface area contributed by atoms with Crippen LogP contribution in [0.3, 0.4) is 0 Å². The van der Waals surface area contributed by atoms with Crippen molar-refractivity contribution in [2.24, 2.45) is 0 Å². The van der Waals surface area contributed by atoms with Gasteiger partial charge in [-0.3, -0.25) is 0 Å². The van der Waals surface area contributed by atoms with Crippen molar-refractivity contribution >= 4 is 11.6 Å². The van der Waals surface area contributed by atoms with Crippen molar-refractivity contribution in [1.29, 1.82) is 0 Å². The Hall–Kier alpha value is -1.69. The number of rotatable bonds is 1. The number of aromatic nitrogens is 2. The molecule has 0 aliphatic heterocycles.